The Hall–Kier alpha value is -7.42. The van der Waals surface area contributed by atoms with E-state index in [2.05, 4.69) is 205 Å². The summed E-state index contributed by atoms with van der Waals surface area (Å²) >= 11 is 0. The molecule has 0 amide bonds. The highest BCUT2D eigenvalue weighted by molar-refractivity contribution is 6.15. The lowest BCUT2D eigenvalue weighted by molar-refractivity contribution is 0.669. The summed E-state index contributed by atoms with van der Waals surface area (Å²) in [7, 11) is 0. The van der Waals surface area contributed by atoms with Gasteiger partial charge in [-0.25, -0.2) is 0 Å². The van der Waals surface area contributed by atoms with E-state index in [0.717, 1.165) is 39.0 Å². The maximum Gasteiger partial charge on any atom is 0.137 e. The number of hydrogen-bond acceptors (Lipinski definition) is 2. The largest absolute Gasteiger partial charge is 0.456 e. The SMILES string of the molecule is c1ccc(-c2ccc3c(-c4ccc(N(c5ccc6c(c5)oc5ccccc56)c5cc6ccccc6c6ccccc56)cc4)ccc(-c4ccccc4)c3c2)cc1. The fourth-order valence-electron chi connectivity index (χ4n) is 8.57. The Balaban J connectivity index is 1.09. The second-order valence-corrected chi connectivity index (χ2v) is 14.5. The molecule has 0 atom stereocenters. The standard InChI is InChI=1S/C54H35NO/c1-3-13-36(14-4-1)39-25-29-47-44(31-32-45(51(47)33-39)37-15-5-2-6-16-37)38-23-26-41(27-24-38)55(42-28-30-50-49-21-11-12-22-53(49)56-54(50)35-42)52-34-40-17-7-8-18-43(40)46-19-9-10-20-48(46)52/h1-35H. The molecule has 0 unspecified atom stereocenters. The van der Waals surface area contributed by atoms with E-state index in [1.54, 1.807) is 0 Å². The van der Waals surface area contributed by atoms with E-state index < -0.39 is 0 Å². The van der Waals surface area contributed by atoms with E-state index in [9.17, 15) is 0 Å². The molecule has 0 saturated carbocycles. The summed E-state index contributed by atoms with van der Waals surface area (Å²) in [5, 5.41) is 9.58. The molecule has 262 valence electrons. The number of hydrogen-bond donors (Lipinski definition) is 0. The summed E-state index contributed by atoms with van der Waals surface area (Å²) in [6.07, 6.45) is 0. The van der Waals surface area contributed by atoms with Crippen LogP contribution in [0.25, 0.3) is 87.6 Å². The van der Waals surface area contributed by atoms with Crippen LogP contribution < -0.4 is 4.90 Å². The number of nitrogens with zero attached hydrogens (tertiary/aromatic N) is 1. The number of furan rings is 1. The predicted molar refractivity (Wildman–Crippen MR) is 237 cm³/mol. The molecule has 0 aliphatic heterocycles. The molecular formula is C54H35NO. The summed E-state index contributed by atoms with van der Waals surface area (Å²) < 4.78 is 6.44. The average molecular weight is 714 g/mol. The lowest BCUT2D eigenvalue weighted by Gasteiger charge is -2.28. The number of benzene rings is 10. The van der Waals surface area contributed by atoms with Crippen molar-refractivity contribution < 1.29 is 4.42 Å². The quantitative estimate of drug-likeness (QED) is 0.160. The Kier molecular flexibility index (Phi) is 7.53. The molecule has 2 nitrogen and oxygen atoms in total. The van der Waals surface area contributed by atoms with Gasteiger partial charge in [0.15, 0.2) is 0 Å². The van der Waals surface area contributed by atoms with Gasteiger partial charge in [-0.2, -0.15) is 0 Å². The van der Waals surface area contributed by atoms with Gasteiger partial charge in [-0.15, -0.1) is 0 Å². The fraction of sp³-hybridized carbons (Fsp3) is 0. The van der Waals surface area contributed by atoms with Crippen LogP contribution in [0.15, 0.2) is 217 Å². The summed E-state index contributed by atoms with van der Waals surface area (Å²) in [6.45, 7) is 0. The van der Waals surface area contributed by atoms with Crippen molar-refractivity contribution in [2.24, 2.45) is 0 Å². The molecule has 0 spiro atoms. The minimum atomic E-state index is 0.871. The highest BCUT2D eigenvalue weighted by atomic mass is 16.3. The molecule has 1 aromatic heterocycles. The molecule has 0 radical (unpaired) electrons. The Labute approximate surface area is 325 Å². The van der Waals surface area contributed by atoms with Crippen molar-refractivity contribution in [3.8, 4) is 33.4 Å². The van der Waals surface area contributed by atoms with Crippen molar-refractivity contribution in [1.82, 2.24) is 0 Å². The summed E-state index contributed by atoms with van der Waals surface area (Å²) in [6, 6.07) is 76.5. The molecule has 10 aromatic carbocycles. The predicted octanol–water partition coefficient (Wildman–Crippen LogP) is 15.5. The van der Waals surface area contributed by atoms with E-state index in [4.69, 9.17) is 4.42 Å². The maximum atomic E-state index is 6.44. The molecule has 2 heteroatoms. The number of fused-ring (bicyclic) bond motifs is 7. The van der Waals surface area contributed by atoms with Crippen molar-refractivity contribution in [1.29, 1.82) is 0 Å². The molecule has 1 heterocycles. The van der Waals surface area contributed by atoms with Crippen LogP contribution in [0.4, 0.5) is 17.1 Å². The first kappa shape index (κ1) is 32.0. The molecule has 0 aliphatic rings. The van der Waals surface area contributed by atoms with E-state index in [0.29, 0.717) is 0 Å². The van der Waals surface area contributed by atoms with Gasteiger partial charge in [0.2, 0.25) is 0 Å². The first-order chi connectivity index (χ1) is 27.8. The van der Waals surface area contributed by atoms with Crippen molar-refractivity contribution in [3.63, 3.8) is 0 Å². The zero-order valence-electron chi connectivity index (χ0n) is 30.6. The summed E-state index contributed by atoms with van der Waals surface area (Å²) in [5.41, 5.74) is 12.2. The Morgan fingerprint density at radius 1 is 0.286 bits per heavy atom. The number of rotatable bonds is 6. The van der Waals surface area contributed by atoms with Crippen molar-refractivity contribution in [2.75, 3.05) is 4.90 Å². The molecule has 0 N–H and O–H groups in total. The van der Waals surface area contributed by atoms with Gasteiger partial charge in [0.05, 0.1) is 5.69 Å². The van der Waals surface area contributed by atoms with Gasteiger partial charge in [-0.1, -0.05) is 164 Å². The molecule has 11 aromatic rings. The van der Waals surface area contributed by atoms with Crippen LogP contribution in [0, 0.1) is 0 Å². The van der Waals surface area contributed by atoms with Gasteiger partial charge in [0.25, 0.3) is 0 Å². The third-order valence-electron chi connectivity index (χ3n) is 11.3. The highest BCUT2D eigenvalue weighted by Gasteiger charge is 2.20. The first-order valence-corrected chi connectivity index (χ1v) is 19.2. The lowest BCUT2D eigenvalue weighted by Crippen LogP contribution is -2.10. The molecule has 0 fully saturated rings. The Morgan fingerprint density at radius 3 is 1.62 bits per heavy atom. The Morgan fingerprint density at radius 2 is 0.839 bits per heavy atom. The second-order valence-electron chi connectivity index (χ2n) is 14.5. The van der Waals surface area contributed by atoms with Crippen molar-refractivity contribution >= 4 is 71.3 Å². The Bertz CT molecular complexity index is 3230. The summed E-state index contributed by atoms with van der Waals surface area (Å²) in [5.74, 6) is 0. The minimum Gasteiger partial charge on any atom is -0.456 e. The van der Waals surface area contributed by atoms with Crippen molar-refractivity contribution in [2.45, 2.75) is 0 Å². The lowest BCUT2D eigenvalue weighted by atomic mass is 9.90. The van der Waals surface area contributed by atoms with Crippen LogP contribution in [0.2, 0.25) is 0 Å². The summed E-state index contributed by atoms with van der Waals surface area (Å²) in [4.78, 5) is 2.38. The monoisotopic (exact) mass is 713 g/mol. The second kappa shape index (κ2) is 13.2. The van der Waals surface area contributed by atoms with Gasteiger partial charge in [-0.3, -0.25) is 0 Å². The molecule has 0 saturated heterocycles. The third kappa shape index (κ3) is 5.34. The number of anilines is 3. The van der Waals surface area contributed by atoms with Crippen LogP contribution in [0.5, 0.6) is 0 Å². The molecule has 0 bridgehead atoms. The zero-order chi connectivity index (χ0) is 37.0. The van der Waals surface area contributed by atoms with Crippen LogP contribution in [0.3, 0.4) is 0 Å². The van der Waals surface area contributed by atoms with E-state index >= 15 is 0 Å². The average Bonchev–Trinajstić information content (AvgIpc) is 3.65. The normalized spacial score (nSPS) is 11.6. The molecule has 56 heavy (non-hydrogen) atoms. The zero-order valence-corrected chi connectivity index (χ0v) is 30.6. The van der Waals surface area contributed by atoms with Gasteiger partial charge in [-0.05, 0) is 103 Å². The van der Waals surface area contributed by atoms with E-state index in [1.807, 2.05) is 12.1 Å². The van der Waals surface area contributed by atoms with E-state index in [1.165, 1.54) is 65.7 Å². The van der Waals surface area contributed by atoms with Crippen LogP contribution >= 0.6 is 0 Å². The highest BCUT2D eigenvalue weighted by Crippen LogP contribution is 2.45. The maximum absolute atomic E-state index is 6.44. The molecule has 0 aliphatic carbocycles. The first-order valence-electron chi connectivity index (χ1n) is 19.2. The third-order valence-corrected chi connectivity index (χ3v) is 11.3. The van der Waals surface area contributed by atoms with Gasteiger partial charge in [0, 0.05) is 33.6 Å². The van der Waals surface area contributed by atoms with Gasteiger partial charge in [0.1, 0.15) is 11.2 Å². The topological polar surface area (TPSA) is 16.4 Å². The van der Waals surface area contributed by atoms with Gasteiger partial charge < -0.3 is 9.32 Å². The van der Waals surface area contributed by atoms with Crippen molar-refractivity contribution in [3.05, 3.63) is 212 Å². The van der Waals surface area contributed by atoms with Crippen LogP contribution in [-0.4, -0.2) is 0 Å². The van der Waals surface area contributed by atoms with E-state index in [-0.39, 0.29) is 0 Å². The minimum absolute atomic E-state index is 0.871. The number of para-hydroxylation sites is 1. The van der Waals surface area contributed by atoms with Gasteiger partial charge >= 0.3 is 0 Å². The fourth-order valence-corrected chi connectivity index (χ4v) is 8.57. The van der Waals surface area contributed by atoms with Crippen LogP contribution in [0.1, 0.15) is 0 Å². The molecular weight excluding hydrogens is 679 g/mol. The van der Waals surface area contributed by atoms with Crippen LogP contribution in [-0.2, 0) is 0 Å². The smallest absolute Gasteiger partial charge is 0.137 e. The molecule has 11 rings (SSSR count).